The molecule has 19 heavy (non-hydrogen) atoms. The highest BCUT2D eigenvalue weighted by Crippen LogP contribution is 2.58. The third kappa shape index (κ3) is 2.42. The highest BCUT2D eigenvalue weighted by atomic mass is 16.3. The first-order valence-corrected chi connectivity index (χ1v) is 8.03. The Kier molecular flexibility index (Phi) is 3.59. The minimum Gasteiger partial charge on any atom is -0.392 e. The quantitative estimate of drug-likeness (QED) is 0.819. The SMILES string of the molecule is CC(C)C(O)CC(=O)NC1CC2CC1C1CCCC21. The molecule has 3 fully saturated rings. The number of hydrogen-bond acceptors (Lipinski definition) is 2. The molecule has 0 aromatic heterocycles. The Hall–Kier alpha value is -0.570. The molecular weight excluding hydrogens is 238 g/mol. The van der Waals surface area contributed by atoms with Gasteiger partial charge in [-0.2, -0.15) is 0 Å². The summed E-state index contributed by atoms with van der Waals surface area (Å²) in [5.41, 5.74) is 0. The monoisotopic (exact) mass is 265 g/mol. The van der Waals surface area contributed by atoms with Crippen LogP contribution < -0.4 is 5.32 Å². The lowest BCUT2D eigenvalue weighted by molar-refractivity contribution is -0.124. The molecule has 3 aliphatic rings. The van der Waals surface area contributed by atoms with Gasteiger partial charge in [0.1, 0.15) is 0 Å². The second kappa shape index (κ2) is 5.08. The van der Waals surface area contributed by atoms with E-state index in [4.69, 9.17) is 0 Å². The fourth-order valence-electron chi connectivity index (χ4n) is 4.93. The molecule has 1 amide bonds. The number of amides is 1. The van der Waals surface area contributed by atoms with Crippen molar-refractivity contribution in [2.24, 2.45) is 29.6 Å². The summed E-state index contributed by atoms with van der Waals surface area (Å²) in [7, 11) is 0. The molecule has 6 unspecified atom stereocenters. The number of fused-ring (bicyclic) bond motifs is 5. The molecule has 3 saturated carbocycles. The Morgan fingerprint density at radius 1 is 1.21 bits per heavy atom. The summed E-state index contributed by atoms with van der Waals surface area (Å²) >= 11 is 0. The van der Waals surface area contributed by atoms with Crippen molar-refractivity contribution >= 4 is 5.91 Å². The van der Waals surface area contributed by atoms with Crippen molar-refractivity contribution in [2.75, 3.05) is 0 Å². The maximum Gasteiger partial charge on any atom is 0.222 e. The van der Waals surface area contributed by atoms with Gasteiger partial charge in [-0.15, -0.1) is 0 Å². The average molecular weight is 265 g/mol. The van der Waals surface area contributed by atoms with Gasteiger partial charge in [0.15, 0.2) is 0 Å². The predicted octanol–water partition coefficient (Wildman–Crippen LogP) is 2.33. The summed E-state index contributed by atoms with van der Waals surface area (Å²) in [6, 6.07) is 0.399. The Bertz CT molecular complexity index is 355. The standard InChI is InChI=1S/C16H27NO2/c1-9(2)15(18)8-16(19)17-14-7-10-6-13(14)12-5-3-4-11(10)12/h9-15,18H,3-8H2,1-2H3,(H,17,19). The molecule has 0 radical (unpaired) electrons. The highest BCUT2D eigenvalue weighted by molar-refractivity contribution is 5.76. The van der Waals surface area contributed by atoms with Crippen LogP contribution >= 0.6 is 0 Å². The first kappa shape index (κ1) is 13.4. The smallest absolute Gasteiger partial charge is 0.222 e. The van der Waals surface area contributed by atoms with E-state index >= 15 is 0 Å². The molecule has 0 heterocycles. The van der Waals surface area contributed by atoms with Crippen LogP contribution in [0.2, 0.25) is 0 Å². The third-order valence-corrected chi connectivity index (χ3v) is 5.94. The largest absolute Gasteiger partial charge is 0.392 e. The lowest BCUT2D eigenvalue weighted by Crippen LogP contribution is -2.43. The molecule has 0 aliphatic heterocycles. The summed E-state index contributed by atoms with van der Waals surface area (Å²) in [5.74, 6) is 3.67. The molecule has 0 saturated heterocycles. The van der Waals surface area contributed by atoms with E-state index in [0.29, 0.717) is 6.04 Å². The topological polar surface area (TPSA) is 49.3 Å². The number of nitrogens with one attached hydrogen (secondary N) is 1. The van der Waals surface area contributed by atoms with E-state index in [2.05, 4.69) is 5.32 Å². The van der Waals surface area contributed by atoms with Crippen molar-refractivity contribution in [3.63, 3.8) is 0 Å². The van der Waals surface area contributed by atoms with Gasteiger partial charge in [0, 0.05) is 6.04 Å². The molecule has 3 rings (SSSR count). The molecule has 0 spiro atoms. The maximum atomic E-state index is 12.0. The van der Waals surface area contributed by atoms with Crippen LogP contribution in [0.5, 0.6) is 0 Å². The van der Waals surface area contributed by atoms with Crippen LogP contribution in [0.1, 0.15) is 52.4 Å². The number of hydrogen-bond donors (Lipinski definition) is 2. The van der Waals surface area contributed by atoms with E-state index in [1.165, 1.54) is 32.1 Å². The predicted molar refractivity (Wildman–Crippen MR) is 74.4 cm³/mol. The summed E-state index contributed by atoms with van der Waals surface area (Å²) in [5, 5.41) is 13.0. The lowest BCUT2D eigenvalue weighted by Gasteiger charge is -2.32. The van der Waals surface area contributed by atoms with Crippen LogP contribution in [0.25, 0.3) is 0 Å². The van der Waals surface area contributed by atoms with E-state index in [1.54, 1.807) is 0 Å². The first-order chi connectivity index (χ1) is 9.06. The van der Waals surface area contributed by atoms with Crippen LogP contribution in [-0.4, -0.2) is 23.2 Å². The highest BCUT2D eigenvalue weighted by Gasteiger charge is 2.53. The van der Waals surface area contributed by atoms with Crippen molar-refractivity contribution in [1.29, 1.82) is 0 Å². The Morgan fingerprint density at radius 3 is 2.68 bits per heavy atom. The minimum atomic E-state index is -0.502. The molecule has 0 aromatic rings. The molecule has 6 atom stereocenters. The van der Waals surface area contributed by atoms with E-state index < -0.39 is 6.10 Å². The van der Waals surface area contributed by atoms with Gasteiger partial charge in [-0.1, -0.05) is 20.3 Å². The van der Waals surface area contributed by atoms with Crippen LogP contribution in [0.15, 0.2) is 0 Å². The lowest BCUT2D eigenvalue weighted by atomic mass is 9.79. The third-order valence-electron chi connectivity index (χ3n) is 5.94. The number of aliphatic hydroxyl groups is 1. The normalized spacial score (nSPS) is 41.6. The Balaban J connectivity index is 1.53. The average Bonchev–Trinajstić information content (AvgIpc) is 2.98. The maximum absolute atomic E-state index is 12.0. The number of aliphatic hydroxyl groups excluding tert-OH is 1. The van der Waals surface area contributed by atoms with Crippen LogP contribution in [0.3, 0.4) is 0 Å². The van der Waals surface area contributed by atoms with Crippen LogP contribution in [-0.2, 0) is 4.79 Å². The molecule has 108 valence electrons. The molecule has 3 heteroatoms. The fraction of sp³-hybridized carbons (Fsp3) is 0.938. The van der Waals surface area contributed by atoms with Gasteiger partial charge in [0.25, 0.3) is 0 Å². The molecule has 0 aromatic carbocycles. The van der Waals surface area contributed by atoms with E-state index in [1.807, 2.05) is 13.8 Å². The summed E-state index contributed by atoms with van der Waals surface area (Å²) in [6.07, 6.45) is 6.50. The minimum absolute atomic E-state index is 0.0493. The zero-order valence-electron chi connectivity index (χ0n) is 12.1. The zero-order valence-corrected chi connectivity index (χ0v) is 12.1. The van der Waals surface area contributed by atoms with Crippen molar-refractivity contribution in [1.82, 2.24) is 5.32 Å². The molecular formula is C16H27NO2. The van der Waals surface area contributed by atoms with Gasteiger partial charge < -0.3 is 10.4 Å². The fourth-order valence-corrected chi connectivity index (χ4v) is 4.93. The zero-order chi connectivity index (χ0) is 13.6. The molecule has 2 bridgehead atoms. The summed E-state index contributed by atoms with van der Waals surface area (Å²) in [6.45, 7) is 3.91. The van der Waals surface area contributed by atoms with Crippen molar-refractivity contribution < 1.29 is 9.90 Å². The Morgan fingerprint density at radius 2 is 1.95 bits per heavy atom. The number of carbonyl (C=O) groups is 1. The summed E-state index contributed by atoms with van der Waals surface area (Å²) in [4.78, 5) is 12.0. The number of rotatable bonds is 4. The second-order valence-corrected chi connectivity index (χ2v) is 7.34. The van der Waals surface area contributed by atoms with E-state index in [9.17, 15) is 9.90 Å². The summed E-state index contributed by atoms with van der Waals surface area (Å²) < 4.78 is 0. The van der Waals surface area contributed by atoms with Gasteiger partial charge in [-0.3, -0.25) is 4.79 Å². The van der Waals surface area contributed by atoms with Crippen LogP contribution in [0, 0.1) is 29.6 Å². The van der Waals surface area contributed by atoms with Gasteiger partial charge in [-0.25, -0.2) is 0 Å². The first-order valence-electron chi connectivity index (χ1n) is 8.03. The van der Waals surface area contributed by atoms with Crippen molar-refractivity contribution in [2.45, 2.75) is 64.5 Å². The van der Waals surface area contributed by atoms with Crippen molar-refractivity contribution in [3.05, 3.63) is 0 Å². The molecule has 2 N–H and O–H groups in total. The second-order valence-electron chi connectivity index (χ2n) is 7.34. The van der Waals surface area contributed by atoms with Gasteiger partial charge >= 0.3 is 0 Å². The van der Waals surface area contributed by atoms with Gasteiger partial charge in [0.05, 0.1) is 12.5 Å². The van der Waals surface area contributed by atoms with Gasteiger partial charge in [-0.05, 0) is 55.3 Å². The molecule has 3 aliphatic carbocycles. The Labute approximate surface area is 116 Å². The van der Waals surface area contributed by atoms with Gasteiger partial charge in [0.2, 0.25) is 5.91 Å². The number of carbonyl (C=O) groups excluding carboxylic acids is 1. The van der Waals surface area contributed by atoms with Crippen LogP contribution in [0.4, 0.5) is 0 Å². The van der Waals surface area contributed by atoms with E-state index in [-0.39, 0.29) is 18.2 Å². The van der Waals surface area contributed by atoms with E-state index in [0.717, 1.165) is 23.7 Å². The molecule has 3 nitrogen and oxygen atoms in total. The van der Waals surface area contributed by atoms with Crippen molar-refractivity contribution in [3.8, 4) is 0 Å².